The molecule has 1 aliphatic rings. The van der Waals surface area contributed by atoms with E-state index in [9.17, 15) is 14.4 Å². The van der Waals surface area contributed by atoms with Crippen LogP contribution < -0.4 is 5.32 Å². The molecule has 0 saturated carbocycles. The van der Waals surface area contributed by atoms with Crippen LogP contribution >= 0.6 is 11.6 Å². The van der Waals surface area contributed by atoms with Crippen LogP contribution in [0.3, 0.4) is 0 Å². The Hall–Kier alpha value is -3.79. The number of amides is 1. The zero-order chi connectivity index (χ0) is 25.5. The standard InChI is InChI=1S/C24H27ClN4O6/c1-5-34-23(31)20-19(16-8-6-7-9-17(16)25)18(22(30)33-4)15(2)28(3)21(20)35-13-11-27-24(32)29-12-10-26-14-29/h6-10,12,14,19H,5,11,13H2,1-4H3,(H,27,32). The summed E-state index contributed by atoms with van der Waals surface area (Å²) in [6.07, 6.45) is 4.39. The van der Waals surface area contributed by atoms with E-state index in [1.54, 1.807) is 50.1 Å². The van der Waals surface area contributed by atoms with E-state index in [0.29, 0.717) is 16.3 Å². The first-order valence-electron chi connectivity index (χ1n) is 10.9. The third kappa shape index (κ3) is 5.48. The van der Waals surface area contributed by atoms with Crippen molar-refractivity contribution in [2.24, 2.45) is 0 Å². The summed E-state index contributed by atoms with van der Waals surface area (Å²) >= 11 is 6.50. The maximum atomic E-state index is 13.2. The van der Waals surface area contributed by atoms with E-state index in [-0.39, 0.29) is 42.8 Å². The number of ether oxygens (including phenoxy) is 3. The van der Waals surface area contributed by atoms with Crippen molar-refractivity contribution in [1.29, 1.82) is 0 Å². The van der Waals surface area contributed by atoms with E-state index in [1.165, 1.54) is 30.4 Å². The number of nitrogens with zero attached hydrogens (tertiary/aromatic N) is 3. The lowest BCUT2D eigenvalue weighted by atomic mass is 9.81. The molecule has 35 heavy (non-hydrogen) atoms. The molecule has 0 saturated heterocycles. The number of aromatic nitrogens is 2. The summed E-state index contributed by atoms with van der Waals surface area (Å²) in [6.45, 7) is 3.71. The molecule has 0 fully saturated rings. The first-order chi connectivity index (χ1) is 16.8. The minimum Gasteiger partial charge on any atom is -0.477 e. The Morgan fingerprint density at radius 2 is 1.91 bits per heavy atom. The summed E-state index contributed by atoms with van der Waals surface area (Å²) in [6, 6.07) is 6.55. The Labute approximate surface area is 208 Å². The van der Waals surface area contributed by atoms with Crippen molar-refractivity contribution < 1.29 is 28.6 Å². The minimum absolute atomic E-state index is 0.0408. The molecule has 186 valence electrons. The quantitative estimate of drug-likeness (QED) is 0.433. The number of carbonyl (C=O) groups is 3. The molecule has 1 aliphatic heterocycles. The van der Waals surface area contributed by atoms with E-state index in [4.69, 9.17) is 25.8 Å². The zero-order valence-electron chi connectivity index (χ0n) is 19.9. The van der Waals surface area contributed by atoms with Gasteiger partial charge in [-0.25, -0.2) is 19.4 Å². The van der Waals surface area contributed by atoms with Gasteiger partial charge in [-0.3, -0.25) is 4.57 Å². The molecule has 3 rings (SSSR count). The Kier molecular flexibility index (Phi) is 8.53. The number of methoxy groups -OCH3 is 1. The number of hydrogen-bond acceptors (Lipinski definition) is 8. The summed E-state index contributed by atoms with van der Waals surface area (Å²) in [5.41, 5.74) is 1.40. The van der Waals surface area contributed by atoms with Crippen molar-refractivity contribution in [2.75, 3.05) is 33.9 Å². The van der Waals surface area contributed by atoms with E-state index in [0.717, 1.165) is 0 Å². The van der Waals surface area contributed by atoms with E-state index in [1.807, 2.05) is 0 Å². The average Bonchev–Trinajstić information content (AvgIpc) is 3.39. The van der Waals surface area contributed by atoms with Gasteiger partial charge in [0.25, 0.3) is 0 Å². The number of allylic oxidation sites excluding steroid dienone is 1. The molecule has 0 spiro atoms. The first kappa shape index (κ1) is 25.8. The monoisotopic (exact) mass is 502 g/mol. The highest BCUT2D eigenvalue weighted by atomic mass is 35.5. The molecule has 1 aromatic heterocycles. The predicted molar refractivity (Wildman–Crippen MR) is 127 cm³/mol. The van der Waals surface area contributed by atoms with Crippen molar-refractivity contribution in [2.45, 2.75) is 19.8 Å². The van der Waals surface area contributed by atoms with Gasteiger partial charge < -0.3 is 24.4 Å². The van der Waals surface area contributed by atoms with Gasteiger partial charge in [-0.15, -0.1) is 0 Å². The molecule has 0 radical (unpaired) electrons. The lowest BCUT2D eigenvalue weighted by molar-refractivity contribution is -0.139. The SMILES string of the molecule is CCOC(=O)C1=C(OCCNC(=O)n2ccnc2)N(C)C(C)=C(C(=O)OC)C1c1ccccc1Cl. The van der Waals surface area contributed by atoms with Crippen LogP contribution in [0.25, 0.3) is 0 Å². The highest BCUT2D eigenvalue weighted by Crippen LogP contribution is 2.44. The second-order valence-electron chi connectivity index (χ2n) is 7.49. The summed E-state index contributed by atoms with van der Waals surface area (Å²) < 4.78 is 17.7. The van der Waals surface area contributed by atoms with Crippen LogP contribution in [0.4, 0.5) is 4.79 Å². The molecule has 2 aromatic rings. The van der Waals surface area contributed by atoms with Crippen LogP contribution in [0.15, 0.2) is 65.7 Å². The van der Waals surface area contributed by atoms with Crippen LogP contribution in [0, 0.1) is 0 Å². The van der Waals surface area contributed by atoms with Gasteiger partial charge in [0.1, 0.15) is 18.5 Å². The topological polar surface area (TPSA) is 112 Å². The molecule has 0 bridgehead atoms. The minimum atomic E-state index is -0.887. The van der Waals surface area contributed by atoms with Gasteiger partial charge >= 0.3 is 18.0 Å². The van der Waals surface area contributed by atoms with E-state index in [2.05, 4.69) is 10.3 Å². The lowest BCUT2D eigenvalue weighted by Gasteiger charge is -2.36. The summed E-state index contributed by atoms with van der Waals surface area (Å²) in [5.74, 6) is -1.96. The molecule has 1 unspecified atom stereocenters. The Morgan fingerprint density at radius 1 is 1.17 bits per heavy atom. The molecule has 1 atom stereocenters. The van der Waals surface area contributed by atoms with Gasteiger partial charge in [-0.1, -0.05) is 29.8 Å². The van der Waals surface area contributed by atoms with Crippen molar-refractivity contribution in [1.82, 2.24) is 19.8 Å². The second kappa shape index (κ2) is 11.6. The molecule has 1 aromatic carbocycles. The Bertz CT molecular complexity index is 1160. The number of esters is 2. The highest BCUT2D eigenvalue weighted by molar-refractivity contribution is 6.31. The average molecular weight is 503 g/mol. The Balaban J connectivity index is 2.00. The fourth-order valence-corrected chi connectivity index (χ4v) is 4.00. The summed E-state index contributed by atoms with van der Waals surface area (Å²) in [7, 11) is 2.94. The predicted octanol–water partition coefficient (Wildman–Crippen LogP) is 3.06. The van der Waals surface area contributed by atoms with Gasteiger partial charge in [-0.2, -0.15) is 0 Å². The lowest BCUT2D eigenvalue weighted by Crippen LogP contribution is -2.36. The van der Waals surface area contributed by atoms with Crippen LogP contribution in [-0.2, 0) is 23.8 Å². The maximum Gasteiger partial charge on any atom is 0.340 e. The van der Waals surface area contributed by atoms with Gasteiger partial charge in [0.15, 0.2) is 0 Å². The van der Waals surface area contributed by atoms with Crippen LogP contribution in [0.5, 0.6) is 0 Å². The number of carbonyl (C=O) groups excluding carboxylic acids is 3. The fourth-order valence-electron chi connectivity index (χ4n) is 3.75. The van der Waals surface area contributed by atoms with Gasteiger partial charge in [-0.05, 0) is 25.5 Å². The number of hydrogen-bond donors (Lipinski definition) is 1. The largest absolute Gasteiger partial charge is 0.477 e. The van der Waals surface area contributed by atoms with Crippen LogP contribution in [0.1, 0.15) is 25.3 Å². The number of halogens is 1. The number of imidazole rings is 1. The fraction of sp³-hybridized carbons (Fsp3) is 0.333. The highest BCUT2D eigenvalue weighted by Gasteiger charge is 2.42. The summed E-state index contributed by atoms with van der Waals surface area (Å²) in [4.78, 5) is 43.7. The maximum absolute atomic E-state index is 13.2. The normalized spacial score (nSPS) is 15.7. The molecule has 1 N–H and O–H groups in total. The number of nitrogens with one attached hydrogen (secondary N) is 1. The van der Waals surface area contributed by atoms with Crippen LogP contribution in [0.2, 0.25) is 5.02 Å². The smallest absolute Gasteiger partial charge is 0.340 e. The van der Waals surface area contributed by atoms with E-state index < -0.39 is 17.9 Å². The number of rotatable bonds is 8. The van der Waals surface area contributed by atoms with Gasteiger partial charge in [0.05, 0.1) is 31.8 Å². The van der Waals surface area contributed by atoms with Crippen molar-refractivity contribution in [3.05, 3.63) is 76.3 Å². The molecule has 0 aliphatic carbocycles. The zero-order valence-corrected chi connectivity index (χ0v) is 20.7. The van der Waals surface area contributed by atoms with E-state index >= 15 is 0 Å². The Morgan fingerprint density at radius 3 is 2.54 bits per heavy atom. The molecular formula is C24H27ClN4O6. The van der Waals surface area contributed by atoms with Crippen molar-refractivity contribution in [3.8, 4) is 0 Å². The molecule has 1 amide bonds. The third-order valence-electron chi connectivity index (χ3n) is 5.48. The third-order valence-corrected chi connectivity index (χ3v) is 5.82. The van der Waals surface area contributed by atoms with Gasteiger partial charge in [0.2, 0.25) is 5.88 Å². The van der Waals surface area contributed by atoms with Crippen molar-refractivity contribution in [3.63, 3.8) is 0 Å². The number of benzene rings is 1. The second-order valence-corrected chi connectivity index (χ2v) is 7.90. The molecular weight excluding hydrogens is 476 g/mol. The molecule has 2 heterocycles. The molecule has 10 nitrogen and oxygen atoms in total. The van der Waals surface area contributed by atoms with Crippen LogP contribution in [-0.4, -0.2) is 66.3 Å². The first-order valence-corrected chi connectivity index (χ1v) is 11.3. The van der Waals surface area contributed by atoms with Crippen molar-refractivity contribution >= 4 is 29.6 Å². The summed E-state index contributed by atoms with van der Waals surface area (Å²) in [5, 5.41) is 3.07. The van der Waals surface area contributed by atoms with Gasteiger partial charge in [0, 0.05) is 30.2 Å². The molecule has 11 heteroatoms.